The van der Waals surface area contributed by atoms with Gasteiger partial charge in [-0.3, -0.25) is 29.3 Å². The highest BCUT2D eigenvalue weighted by Crippen LogP contribution is 2.32. The maximum Gasteiger partial charge on any atom is 0.330 e. The molecule has 0 aliphatic heterocycles. The van der Waals surface area contributed by atoms with Crippen LogP contribution in [0, 0.1) is 16.0 Å². The lowest BCUT2D eigenvalue weighted by Crippen LogP contribution is -2.42. The standard InChI is InChI=1S/C22H30N6O5/c1-4-5-10-26-19(23)18(20(29)25-22(26)31)27(12-13(2)3)21(30)14-6-9-16(24-15-7-8-15)17(11-14)28(32)33/h6,9,11,13,15,24H,4-5,7-8,10,12,23H2,1-3H3,(H,25,29,31). The van der Waals surface area contributed by atoms with Crippen LogP contribution >= 0.6 is 0 Å². The number of hydrogen-bond acceptors (Lipinski definition) is 7. The van der Waals surface area contributed by atoms with Crippen LogP contribution in [0.5, 0.6) is 0 Å². The number of carbonyl (C=O) groups excluding carboxylic acids is 1. The van der Waals surface area contributed by atoms with E-state index in [2.05, 4.69) is 10.3 Å². The zero-order valence-corrected chi connectivity index (χ0v) is 19.1. The molecule has 178 valence electrons. The number of rotatable bonds is 10. The van der Waals surface area contributed by atoms with Crippen molar-refractivity contribution >= 4 is 28.8 Å². The van der Waals surface area contributed by atoms with Crippen LogP contribution < -0.4 is 27.2 Å². The summed E-state index contributed by atoms with van der Waals surface area (Å²) >= 11 is 0. The molecule has 0 unspecified atom stereocenters. The maximum absolute atomic E-state index is 13.5. The van der Waals surface area contributed by atoms with Gasteiger partial charge in [0, 0.05) is 30.8 Å². The topological polar surface area (TPSA) is 156 Å². The van der Waals surface area contributed by atoms with Crippen molar-refractivity contribution in [2.24, 2.45) is 5.92 Å². The first-order valence-electron chi connectivity index (χ1n) is 11.1. The molecule has 0 bridgehead atoms. The number of hydrogen-bond donors (Lipinski definition) is 3. The maximum atomic E-state index is 13.5. The second-order valence-electron chi connectivity index (χ2n) is 8.72. The fourth-order valence-electron chi connectivity index (χ4n) is 3.56. The Bertz CT molecular complexity index is 1160. The molecule has 1 aromatic carbocycles. The number of nitro benzene ring substituents is 1. The van der Waals surface area contributed by atoms with Crippen LogP contribution in [0.15, 0.2) is 27.8 Å². The monoisotopic (exact) mass is 458 g/mol. The summed E-state index contributed by atoms with van der Waals surface area (Å²) in [6.45, 7) is 6.11. The summed E-state index contributed by atoms with van der Waals surface area (Å²) in [5.41, 5.74) is 4.84. The Morgan fingerprint density at radius 3 is 2.64 bits per heavy atom. The quantitative estimate of drug-likeness (QED) is 0.365. The van der Waals surface area contributed by atoms with Crippen molar-refractivity contribution in [3.05, 3.63) is 54.7 Å². The molecule has 1 aromatic heterocycles. The zero-order chi connectivity index (χ0) is 24.3. The molecule has 1 saturated carbocycles. The van der Waals surface area contributed by atoms with Gasteiger partial charge in [0.1, 0.15) is 11.5 Å². The summed E-state index contributed by atoms with van der Waals surface area (Å²) < 4.78 is 1.24. The van der Waals surface area contributed by atoms with Gasteiger partial charge >= 0.3 is 5.69 Å². The summed E-state index contributed by atoms with van der Waals surface area (Å²) in [6, 6.07) is 4.40. The SMILES string of the molecule is CCCCn1c(N)c(N(CC(C)C)C(=O)c2ccc(NC3CC3)c([N+](=O)[O-])c2)c(=O)[nH]c1=O. The highest BCUT2D eigenvalue weighted by molar-refractivity contribution is 6.08. The van der Waals surface area contributed by atoms with Crippen molar-refractivity contribution in [1.29, 1.82) is 0 Å². The molecular weight excluding hydrogens is 428 g/mol. The third kappa shape index (κ3) is 5.41. The first-order valence-corrected chi connectivity index (χ1v) is 11.1. The van der Waals surface area contributed by atoms with Gasteiger partial charge in [-0.15, -0.1) is 0 Å². The minimum Gasteiger partial charge on any atom is -0.383 e. The lowest BCUT2D eigenvalue weighted by atomic mass is 10.1. The van der Waals surface area contributed by atoms with Crippen LogP contribution in [-0.4, -0.2) is 33.0 Å². The average molecular weight is 459 g/mol. The van der Waals surface area contributed by atoms with E-state index in [1.165, 1.54) is 27.7 Å². The van der Waals surface area contributed by atoms with E-state index in [0.29, 0.717) is 18.7 Å². The summed E-state index contributed by atoms with van der Waals surface area (Å²) in [7, 11) is 0. The number of carbonyl (C=O) groups is 1. The van der Waals surface area contributed by atoms with Gasteiger partial charge < -0.3 is 16.0 Å². The number of H-pyrrole nitrogens is 1. The number of aromatic nitrogens is 2. The van der Waals surface area contributed by atoms with E-state index >= 15 is 0 Å². The van der Waals surface area contributed by atoms with Crippen LogP contribution in [0.4, 0.5) is 22.9 Å². The van der Waals surface area contributed by atoms with Crippen LogP contribution in [0.25, 0.3) is 0 Å². The Hall–Kier alpha value is -3.63. The van der Waals surface area contributed by atoms with Gasteiger partial charge in [0.25, 0.3) is 17.2 Å². The number of nitrogens with two attached hydrogens (primary N) is 1. The van der Waals surface area contributed by atoms with Crippen LogP contribution in [-0.2, 0) is 6.54 Å². The second-order valence-corrected chi connectivity index (χ2v) is 8.72. The van der Waals surface area contributed by atoms with Crippen molar-refractivity contribution in [2.45, 2.75) is 59.0 Å². The fraction of sp³-hybridized carbons (Fsp3) is 0.500. The molecule has 1 fully saturated rings. The molecule has 0 radical (unpaired) electrons. The Morgan fingerprint density at radius 2 is 2.06 bits per heavy atom. The fourth-order valence-corrected chi connectivity index (χ4v) is 3.56. The number of nitrogens with one attached hydrogen (secondary N) is 2. The van der Waals surface area contributed by atoms with Gasteiger partial charge in [-0.25, -0.2) is 4.79 Å². The normalized spacial score (nSPS) is 13.2. The number of nitrogen functional groups attached to an aromatic ring is 1. The Kier molecular flexibility index (Phi) is 7.19. The van der Waals surface area contributed by atoms with Gasteiger partial charge in [0.2, 0.25) is 0 Å². The lowest BCUT2D eigenvalue weighted by Gasteiger charge is -2.26. The van der Waals surface area contributed by atoms with Crippen LogP contribution in [0.1, 0.15) is 56.8 Å². The number of aromatic amines is 1. The van der Waals surface area contributed by atoms with Crippen molar-refractivity contribution in [3.8, 4) is 0 Å². The molecule has 1 aliphatic rings. The molecule has 1 heterocycles. The van der Waals surface area contributed by atoms with Gasteiger partial charge in [0.15, 0.2) is 5.69 Å². The van der Waals surface area contributed by atoms with E-state index in [4.69, 9.17) is 5.73 Å². The smallest absolute Gasteiger partial charge is 0.330 e. The predicted molar refractivity (Wildman–Crippen MR) is 127 cm³/mol. The van der Waals surface area contributed by atoms with Crippen LogP contribution in [0.3, 0.4) is 0 Å². The largest absolute Gasteiger partial charge is 0.383 e. The summed E-state index contributed by atoms with van der Waals surface area (Å²) in [4.78, 5) is 53.1. The molecule has 1 amide bonds. The highest BCUT2D eigenvalue weighted by atomic mass is 16.6. The molecule has 0 spiro atoms. The number of anilines is 3. The number of nitro groups is 1. The summed E-state index contributed by atoms with van der Waals surface area (Å²) in [5.74, 6) is -0.759. The van der Waals surface area contributed by atoms with Gasteiger partial charge in [0.05, 0.1) is 4.92 Å². The average Bonchev–Trinajstić information content (AvgIpc) is 3.56. The molecule has 11 nitrogen and oxygen atoms in total. The first-order chi connectivity index (χ1) is 15.6. The Morgan fingerprint density at radius 1 is 1.36 bits per heavy atom. The highest BCUT2D eigenvalue weighted by Gasteiger charge is 2.29. The number of amides is 1. The van der Waals surface area contributed by atoms with Gasteiger partial charge in [-0.1, -0.05) is 27.2 Å². The molecule has 2 aromatic rings. The molecule has 0 saturated heterocycles. The van der Waals surface area contributed by atoms with E-state index in [1.54, 1.807) is 0 Å². The van der Waals surface area contributed by atoms with Crippen LogP contribution in [0.2, 0.25) is 0 Å². The minimum atomic E-state index is -0.777. The van der Waals surface area contributed by atoms with E-state index < -0.39 is 22.1 Å². The van der Waals surface area contributed by atoms with E-state index in [0.717, 1.165) is 19.3 Å². The molecule has 11 heteroatoms. The zero-order valence-electron chi connectivity index (χ0n) is 19.1. The number of benzene rings is 1. The summed E-state index contributed by atoms with van der Waals surface area (Å²) in [5, 5.41) is 14.7. The molecule has 1 aliphatic carbocycles. The van der Waals surface area contributed by atoms with Gasteiger partial charge in [-0.2, -0.15) is 0 Å². The third-order valence-corrected chi connectivity index (χ3v) is 5.39. The number of nitrogens with zero attached hydrogens (tertiary/aromatic N) is 3. The van der Waals surface area contributed by atoms with Gasteiger partial charge in [-0.05, 0) is 37.3 Å². The van der Waals surface area contributed by atoms with Crippen molar-refractivity contribution in [1.82, 2.24) is 9.55 Å². The Balaban J connectivity index is 2.08. The lowest BCUT2D eigenvalue weighted by molar-refractivity contribution is -0.384. The molecule has 4 N–H and O–H groups in total. The molecule has 33 heavy (non-hydrogen) atoms. The molecule has 3 rings (SSSR count). The second kappa shape index (κ2) is 9.88. The van der Waals surface area contributed by atoms with E-state index in [1.807, 2.05) is 20.8 Å². The van der Waals surface area contributed by atoms with Crippen molar-refractivity contribution in [3.63, 3.8) is 0 Å². The summed E-state index contributed by atoms with van der Waals surface area (Å²) in [6.07, 6.45) is 3.35. The molecule has 0 atom stereocenters. The third-order valence-electron chi connectivity index (χ3n) is 5.39. The first kappa shape index (κ1) is 24.0. The Labute approximate surface area is 190 Å². The number of unbranched alkanes of at least 4 members (excludes halogenated alkanes) is 1. The van der Waals surface area contributed by atoms with Crippen molar-refractivity contribution in [2.75, 3.05) is 22.5 Å². The van der Waals surface area contributed by atoms with E-state index in [-0.39, 0.29) is 41.3 Å². The molecular formula is C22H30N6O5. The predicted octanol–water partition coefficient (Wildman–Crippen LogP) is 2.70. The van der Waals surface area contributed by atoms with E-state index in [9.17, 15) is 24.5 Å². The van der Waals surface area contributed by atoms with Crippen molar-refractivity contribution < 1.29 is 9.72 Å². The minimum absolute atomic E-state index is 0.0467.